The van der Waals surface area contributed by atoms with Gasteiger partial charge in [-0.15, -0.1) is 0 Å². The molecule has 0 fully saturated rings. The quantitative estimate of drug-likeness (QED) is 0.772. The van der Waals surface area contributed by atoms with Gasteiger partial charge >= 0.3 is 0 Å². The summed E-state index contributed by atoms with van der Waals surface area (Å²) >= 11 is 0. The van der Waals surface area contributed by atoms with E-state index in [1.165, 1.54) is 17.5 Å². The number of hydrogen-bond acceptors (Lipinski definition) is 1. The Morgan fingerprint density at radius 3 is 2.25 bits per heavy atom. The predicted octanol–water partition coefficient (Wildman–Crippen LogP) is 3.87. The van der Waals surface area contributed by atoms with Gasteiger partial charge in [0.05, 0.1) is 0 Å². The molecule has 0 aromatic heterocycles. The van der Waals surface area contributed by atoms with Crippen molar-refractivity contribution in [1.82, 2.24) is 0 Å². The number of nitrogens with two attached hydrogens (primary N) is 1. The molecule has 0 bridgehead atoms. The van der Waals surface area contributed by atoms with Gasteiger partial charge in [0.1, 0.15) is 0 Å². The highest BCUT2D eigenvalue weighted by atomic mass is 14.6. The van der Waals surface area contributed by atoms with Crippen LogP contribution in [0.1, 0.15) is 57.1 Å². The predicted molar refractivity (Wildman–Crippen MR) is 71.7 cm³/mol. The Morgan fingerprint density at radius 2 is 1.75 bits per heavy atom. The van der Waals surface area contributed by atoms with E-state index < -0.39 is 0 Å². The maximum Gasteiger partial charge on any atom is 0.00363 e. The van der Waals surface area contributed by atoms with Crippen molar-refractivity contribution in [1.29, 1.82) is 0 Å². The van der Waals surface area contributed by atoms with Crippen LogP contribution in [0.3, 0.4) is 0 Å². The van der Waals surface area contributed by atoms with Crippen LogP contribution in [-0.2, 0) is 6.42 Å². The zero-order chi connectivity index (χ0) is 12.0. The van der Waals surface area contributed by atoms with Crippen molar-refractivity contribution in [3.8, 4) is 0 Å². The second-order valence-corrected chi connectivity index (χ2v) is 4.96. The van der Waals surface area contributed by atoms with E-state index in [4.69, 9.17) is 5.73 Å². The molecule has 0 saturated heterocycles. The molecule has 0 spiro atoms. The summed E-state index contributed by atoms with van der Waals surface area (Å²) in [5.41, 5.74) is 8.76. The number of aryl methyl sites for hydroxylation is 1. The van der Waals surface area contributed by atoms with E-state index in [-0.39, 0.29) is 0 Å². The van der Waals surface area contributed by atoms with Crippen LogP contribution in [0.15, 0.2) is 24.3 Å². The molecule has 0 amide bonds. The summed E-state index contributed by atoms with van der Waals surface area (Å²) in [6.45, 7) is 6.62. The highest BCUT2D eigenvalue weighted by Gasteiger charge is 2.01. The second-order valence-electron chi connectivity index (χ2n) is 4.96. The minimum Gasteiger partial charge on any atom is -0.328 e. The Balaban J connectivity index is 2.38. The van der Waals surface area contributed by atoms with Crippen molar-refractivity contribution < 1.29 is 0 Å². The van der Waals surface area contributed by atoms with Crippen molar-refractivity contribution >= 4 is 0 Å². The first-order chi connectivity index (χ1) is 7.63. The Morgan fingerprint density at radius 1 is 1.12 bits per heavy atom. The largest absolute Gasteiger partial charge is 0.328 e. The molecular weight excluding hydrogens is 194 g/mol. The molecule has 0 heterocycles. The van der Waals surface area contributed by atoms with Crippen molar-refractivity contribution in [2.24, 2.45) is 5.73 Å². The van der Waals surface area contributed by atoms with E-state index in [9.17, 15) is 0 Å². The third kappa shape index (κ3) is 4.36. The first kappa shape index (κ1) is 13.2. The molecule has 2 N–H and O–H groups in total. The monoisotopic (exact) mass is 219 g/mol. The van der Waals surface area contributed by atoms with Crippen LogP contribution in [0.4, 0.5) is 0 Å². The molecular formula is C15H25N. The van der Waals surface area contributed by atoms with Crippen LogP contribution in [0.25, 0.3) is 0 Å². The number of rotatable bonds is 6. The molecule has 0 aliphatic heterocycles. The molecule has 1 atom stereocenters. The van der Waals surface area contributed by atoms with Gasteiger partial charge in [-0.3, -0.25) is 0 Å². The molecule has 1 unspecified atom stereocenters. The lowest BCUT2D eigenvalue weighted by Crippen LogP contribution is -2.18. The maximum absolute atomic E-state index is 5.90. The van der Waals surface area contributed by atoms with Crippen molar-refractivity contribution in [2.75, 3.05) is 0 Å². The van der Waals surface area contributed by atoms with Crippen LogP contribution in [0.2, 0.25) is 0 Å². The van der Waals surface area contributed by atoms with Crippen LogP contribution in [-0.4, -0.2) is 6.04 Å². The van der Waals surface area contributed by atoms with Crippen molar-refractivity contribution in [3.05, 3.63) is 35.4 Å². The topological polar surface area (TPSA) is 26.0 Å². The van der Waals surface area contributed by atoms with E-state index in [0.717, 1.165) is 19.3 Å². The van der Waals surface area contributed by atoms with Crippen molar-refractivity contribution in [2.45, 2.75) is 58.4 Å². The molecule has 16 heavy (non-hydrogen) atoms. The summed E-state index contributed by atoms with van der Waals surface area (Å²) in [6.07, 6.45) is 4.59. The van der Waals surface area contributed by atoms with E-state index in [1.807, 2.05) is 0 Å². The average Bonchev–Trinajstić information content (AvgIpc) is 2.29. The molecule has 0 saturated carbocycles. The van der Waals surface area contributed by atoms with Crippen LogP contribution < -0.4 is 5.73 Å². The molecule has 90 valence electrons. The van der Waals surface area contributed by atoms with E-state index in [0.29, 0.717) is 12.0 Å². The lowest BCUT2D eigenvalue weighted by atomic mass is 9.99. The summed E-state index contributed by atoms with van der Waals surface area (Å²) < 4.78 is 0. The summed E-state index contributed by atoms with van der Waals surface area (Å²) in [7, 11) is 0. The molecule has 1 heteroatoms. The van der Waals surface area contributed by atoms with Gasteiger partial charge in [-0.25, -0.2) is 0 Å². The fraction of sp³-hybridized carbons (Fsp3) is 0.600. The summed E-state index contributed by atoms with van der Waals surface area (Å²) in [4.78, 5) is 0. The van der Waals surface area contributed by atoms with Gasteiger partial charge in [-0.1, -0.05) is 45.0 Å². The van der Waals surface area contributed by atoms with Crippen LogP contribution in [0, 0.1) is 0 Å². The molecule has 1 aromatic carbocycles. The molecule has 0 aliphatic rings. The van der Waals surface area contributed by atoms with Gasteiger partial charge in [0.2, 0.25) is 0 Å². The van der Waals surface area contributed by atoms with E-state index in [2.05, 4.69) is 45.0 Å². The van der Waals surface area contributed by atoms with Crippen LogP contribution >= 0.6 is 0 Å². The Bertz CT molecular complexity index is 287. The fourth-order valence-electron chi connectivity index (χ4n) is 1.84. The smallest absolute Gasteiger partial charge is 0.00363 e. The third-order valence-electron chi connectivity index (χ3n) is 3.21. The van der Waals surface area contributed by atoms with Crippen molar-refractivity contribution in [3.63, 3.8) is 0 Å². The van der Waals surface area contributed by atoms with Gasteiger partial charge in [0, 0.05) is 6.04 Å². The van der Waals surface area contributed by atoms with Gasteiger partial charge < -0.3 is 5.73 Å². The van der Waals surface area contributed by atoms with Gasteiger partial charge in [0.25, 0.3) is 0 Å². The van der Waals surface area contributed by atoms with Crippen LogP contribution in [0.5, 0.6) is 0 Å². The minimum absolute atomic E-state index is 0.384. The molecule has 0 aliphatic carbocycles. The number of hydrogen-bond donors (Lipinski definition) is 1. The second kappa shape index (κ2) is 6.70. The van der Waals surface area contributed by atoms with E-state index in [1.54, 1.807) is 0 Å². The molecule has 1 rings (SSSR count). The molecule has 0 radical (unpaired) electrons. The molecule has 1 nitrogen and oxygen atoms in total. The summed E-state index contributed by atoms with van der Waals surface area (Å²) in [6, 6.07) is 9.40. The van der Waals surface area contributed by atoms with E-state index >= 15 is 0 Å². The molecule has 1 aromatic rings. The Kier molecular flexibility index (Phi) is 5.54. The minimum atomic E-state index is 0.384. The number of benzene rings is 1. The van der Waals surface area contributed by atoms with Gasteiger partial charge in [-0.2, -0.15) is 0 Å². The zero-order valence-corrected chi connectivity index (χ0v) is 10.9. The zero-order valence-electron chi connectivity index (χ0n) is 10.9. The first-order valence-corrected chi connectivity index (χ1v) is 6.48. The third-order valence-corrected chi connectivity index (χ3v) is 3.21. The average molecular weight is 219 g/mol. The van der Waals surface area contributed by atoms with Gasteiger partial charge in [0.15, 0.2) is 0 Å². The Hall–Kier alpha value is -0.820. The SMILES string of the molecule is CCC(N)CCCc1ccc(C(C)C)cc1. The standard InChI is InChI=1S/C15H25N/c1-4-15(16)7-5-6-13-8-10-14(11-9-13)12(2)3/h8-12,15H,4-7,16H2,1-3H3. The highest BCUT2D eigenvalue weighted by Crippen LogP contribution is 2.16. The first-order valence-electron chi connectivity index (χ1n) is 6.48. The summed E-state index contributed by atoms with van der Waals surface area (Å²) in [5.74, 6) is 0.627. The fourth-order valence-corrected chi connectivity index (χ4v) is 1.84. The lowest BCUT2D eigenvalue weighted by molar-refractivity contribution is 0.568. The van der Waals surface area contributed by atoms with Gasteiger partial charge in [-0.05, 0) is 42.7 Å². The summed E-state index contributed by atoms with van der Waals surface area (Å²) in [5, 5.41) is 0. The lowest BCUT2D eigenvalue weighted by Gasteiger charge is -2.09. The highest BCUT2D eigenvalue weighted by molar-refractivity contribution is 5.24. The Labute approximate surface area is 100 Å². The normalized spacial score (nSPS) is 13.1. The maximum atomic E-state index is 5.90.